The van der Waals surface area contributed by atoms with Crippen LogP contribution in [0.25, 0.3) is 0 Å². The Kier molecular flexibility index (Phi) is 2.69. The number of aromatic nitrogens is 1. The fourth-order valence-electron chi connectivity index (χ4n) is 4.24. The first kappa shape index (κ1) is 13.5. The Hall–Kier alpha value is -2.20. The van der Waals surface area contributed by atoms with E-state index < -0.39 is 16.9 Å². The molecule has 1 aromatic carbocycles. The second kappa shape index (κ2) is 4.40. The molecule has 0 amide bonds. The number of pyridine rings is 1. The molecule has 112 valence electrons. The first-order chi connectivity index (χ1) is 10.6. The van der Waals surface area contributed by atoms with E-state index in [1.165, 1.54) is 11.1 Å². The van der Waals surface area contributed by atoms with Crippen molar-refractivity contribution in [1.82, 2.24) is 4.98 Å². The molecule has 0 saturated heterocycles. The number of hydrogen-bond donors (Lipinski definition) is 2. The summed E-state index contributed by atoms with van der Waals surface area (Å²) in [7, 11) is 0. The molecule has 2 aromatic rings. The number of benzene rings is 1. The number of nitrogens with zero attached hydrogens (tertiary/aromatic N) is 1. The molecule has 4 heteroatoms. The Morgan fingerprint density at radius 1 is 1.23 bits per heavy atom. The van der Waals surface area contributed by atoms with Crippen molar-refractivity contribution < 1.29 is 9.90 Å². The van der Waals surface area contributed by atoms with E-state index in [2.05, 4.69) is 17.1 Å². The van der Waals surface area contributed by atoms with Crippen LogP contribution >= 0.6 is 0 Å². The van der Waals surface area contributed by atoms with E-state index in [4.69, 9.17) is 5.73 Å². The quantitative estimate of drug-likeness (QED) is 0.910. The van der Waals surface area contributed by atoms with E-state index >= 15 is 0 Å². The van der Waals surface area contributed by atoms with E-state index in [1.54, 1.807) is 18.3 Å². The molecule has 2 aliphatic rings. The minimum atomic E-state index is -1.06. The summed E-state index contributed by atoms with van der Waals surface area (Å²) in [4.78, 5) is 16.3. The van der Waals surface area contributed by atoms with Crippen molar-refractivity contribution in [3.63, 3.8) is 0 Å². The van der Waals surface area contributed by atoms with E-state index in [0.29, 0.717) is 12.1 Å². The minimum Gasteiger partial charge on any atom is -0.480 e. The van der Waals surface area contributed by atoms with Crippen molar-refractivity contribution in [2.75, 3.05) is 0 Å². The first-order valence-corrected chi connectivity index (χ1v) is 7.61. The summed E-state index contributed by atoms with van der Waals surface area (Å²) in [5.74, 6) is -0.778. The van der Waals surface area contributed by atoms with Crippen LogP contribution in [0.5, 0.6) is 0 Å². The van der Waals surface area contributed by atoms with Gasteiger partial charge in [-0.25, -0.2) is 0 Å². The summed E-state index contributed by atoms with van der Waals surface area (Å²) < 4.78 is 0. The third-order valence-corrected chi connectivity index (χ3v) is 5.45. The monoisotopic (exact) mass is 294 g/mol. The second-order valence-electron chi connectivity index (χ2n) is 6.43. The van der Waals surface area contributed by atoms with Crippen LogP contribution in [-0.4, -0.2) is 21.6 Å². The first-order valence-electron chi connectivity index (χ1n) is 7.61. The number of carbonyl (C=O) groups is 1. The van der Waals surface area contributed by atoms with E-state index in [-0.39, 0.29) is 5.92 Å². The van der Waals surface area contributed by atoms with Gasteiger partial charge >= 0.3 is 5.97 Å². The molecule has 4 rings (SSSR count). The lowest BCUT2D eigenvalue weighted by Crippen LogP contribution is -2.43. The van der Waals surface area contributed by atoms with Crippen molar-refractivity contribution in [3.05, 3.63) is 65.5 Å². The molecule has 4 nitrogen and oxygen atoms in total. The van der Waals surface area contributed by atoms with Gasteiger partial charge in [0.05, 0.1) is 5.69 Å². The zero-order chi connectivity index (χ0) is 15.4. The summed E-state index contributed by atoms with van der Waals surface area (Å²) in [6.45, 7) is 0. The number of fused-ring (bicyclic) bond motifs is 1. The average molecular weight is 294 g/mol. The molecule has 0 radical (unpaired) electrons. The lowest BCUT2D eigenvalue weighted by Gasteiger charge is -2.25. The minimum absolute atomic E-state index is 0.0850. The Labute approximate surface area is 129 Å². The van der Waals surface area contributed by atoms with Crippen LogP contribution in [-0.2, 0) is 16.6 Å². The molecule has 3 unspecified atom stereocenters. The van der Waals surface area contributed by atoms with Gasteiger partial charge in [-0.3, -0.25) is 9.78 Å². The average Bonchev–Trinajstić information content (AvgIpc) is 2.98. The molecule has 1 saturated carbocycles. The summed E-state index contributed by atoms with van der Waals surface area (Å²) in [5, 5.41) is 9.88. The Morgan fingerprint density at radius 3 is 2.73 bits per heavy atom. The van der Waals surface area contributed by atoms with Crippen LogP contribution in [0.4, 0.5) is 0 Å². The van der Waals surface area contributed by atoms with Gasteiger partial charge in [0.15, 0.2) is 0 Å². The van der Waals surface area contributed by atoms with Crippen LogP contribution in [0.15, 0.2) is 48.7 Å². The molecule has 1 fully saturated rings. The van der Waals surface area contributed by atoms with Gasteiger partial charge < -0.3 is 10.8 Å². The molecular weight excluding hydrogens is 276 g/mol. The number of nitrogens with two attached hydrogens (primary N) is 1. The molecule has 22 heavy (non-hydrogen) atoms. The Bertz CT molecular complexity index is 746. The summed E-state index contributed by atoms with van der Waals surface area (Å²) in [6.07, 6.45) is 3.97. The Morgan fingerprint density at radius 2 is 2.00 bits per heavy atom. The van der Waals surface area contributed by atoms with Crippen molar-refractivity contribution in [1.29, 1.82) is 0 Å². The Balaban J connectivity index is 1.79. The molecule has 2 aliphatic carbocycles. The maximum atomic E-state index is 12.0. The molecule has 0 aliphatic heterocycles. The third-order valence-electron chi connectivity index (χ3n) is 5.45. The van der Waals surface area contributed by atoms with Crippen molar-refractivity contribution >= 4 is 5.97 Å². The van der Waals surface area contributed by atoms with Crippen LogP contribution in [0, 0.1) is 0 Å². The van der Waals surface area contributed by atoms with Crippen molar-refractivity contribution in [2.45, 2.75) is 36.1 Å². The summed E-state index contributed by atoms with van der Waals surface area (Å²) in [5.41, 5.74) is 7.93. The molecule has 1 heterocycles. The molecule has 3 N–H and O–H groups in total. The lowest BCUT2D eigenvalue weighted by atomic mass is 9.83. The molecule has 0 bridgehead atoms. The standard InChI is InChI=1S/C18H18N2O2/c19-18(14-9-8-12-5-1-2-6-13(12)14)11-17(18,16(21)22)15-7-3-4-10-20-15/h1-7,10,14H,8-9,11,19H2,(H,21,22). The highest BCUT2D eigenvalue weighted by Gasteiger charge is 2.75. The number of carboxylic acids is 1. The van der Waals surface area contributed by atoms with Gasteiger partial charge in [-0.1, -0.05) is 30.3 Å². The predicted molar refractivity (Wildman–Crippen MR) is 82.6 cm³/mol. The highest BCUT2D eigenvalue weighted by atomic mass is 16.4. The number of carboxylic acid groups (broad SMARTS) is 1. The van der Waals surface area contributed by atoms with Crippen LogP contribution < -0.4 is 5.73 Å². The fourth-order valence-corrected chi connectivity index (χ4v) is 4.24. The normalized spacial score (nSPS) is 32.5. The van der Waals surface area contributed by atoms with Crippen molar-refractivity contribution in [3.8, 4) is 0 Å². The summed E-state index contributed by atoms with van der Waals surface area (Å²) >= 11 is 0. The second-order valence-corrected chi connectivity index (χ2v) is 6.43. The van der Waals surface area contributed by atoms with Gasteiger partial charge in [0.1, 0.15) is 5.41 Å². The number of hydrogen-bond acceptors (Lipinski definition) is 3. The number of aliphatic carboxylic acids is 1. The smallest absolute Gasteiger partial charge is 0.317 e. The van der Waals surface area contributed by atoms with Gasteiger partial charge in [0, 0.05) is 17.7 Å². The topological polar surface area (TPSA) is 76.2 Å². The van der Waals surface area contributed by atoms with Gasteiger partial charge in [-0.05, 0) is 42.5 Å². The van der Waals surface area contributed by atoms with Gasteiger partial charge in [0.2, 0.25) is 0 Å². The fraction of sp³-hybridized carbons (Fsp3) is 0.333. The highest BCUT2D eigenvalue weighted by molar-refractivity contribution is 5.89. The third kappa shape index (κ3) is 1.56. The van der Waals surface area contributed by atoms with E-state index in [1.807, 2.05) is 18.2 Å². The van der Waals surface area contributed by atoms with Crippen LogP contribution in [0.2, 0.25) is 0 Å². The molecule has 0 spiro atoms. The molecular formula is C18H18N2O2. The largest absolute Gasteiger partial charge is 0.480 e. The van der Waals surface area contributed by atoms with E-state index in [0.717, 1.165) is 12.8 Å². The van der Waals surface area contributed by atoms with Gasteiger partial charge in [-0.2, -0.15) is 0 Å². The van der Waals surface area contributed by atoms with Gasteiger partial charge in [-0.15, -0.1) is 0 Å². The van der Waals surface area contributed by atoms with Crippen LogP contribution in [0.1, 0.15) is 35.6 Å². The highest BCUT2D eigenvalue weighted by Crippen LogP contribution is 2.64. The zero-order valence-corrected chi connectivity index (χ0v) is 12.2. The number of aryl methyl sites for hydroxylation is 1. The predicted octanol–water partition coefficient (Wildman–Crippen LogP) is 2.24. The molecule has 1 aromatic heterocycles. The maximum Gasteiger partial charge on any atom is 0.317 e. The van der Waals surface area contributed by atoms with Gasteiger partial charge in [0.25, 0.3) is 0 Å². The van der Waals surface area contributed by atoms with Crippen molar-refractivity contribution in [2.24, 2.45) is 5.73 Å². The SMILES string of the molecule is NC1(C2CCc3ccccc32)CC1(C(=O)O)c1ccccn1. The maximum absolute atomic E-state index is 12.0. The van der Waals surface area contributed by atoms with Crippen LogP contribution in [0.3, 0.4) is 0 Å². The molecule has 3 atom stereocenters. The zero-order valence-electron chi connectivity index (χ0n) is 12.2. The number of rotatable bonds is 3. The summed E-state index contributed by atoms with van der Waals surface area (Å²) in [6, 6.07) is 13.6. The lowest BCUT2D eigenvalue weighted by molar-refractivity contribution is -0.140. The van der Waals surface area contributed by atoms with E-state index in [9.17, 15) is 9.90 Å².